The number of fused-ring (bicyclic) bond motifs is 1. The zero-order valence-electron chi connectivity index (χ0n) is 11.3. The van der Waals surface area contributed by atoms with E-state index in [4.69, 9.17) is 4.74 Å². The van der Waals surface area contributed by atoms with Crippen LogP contribution in [0.2, 0.25) is 0 Å². The fraction of sp³-hybridized carbons (Fsp3) is 0.412. The van der Waals surface area contributed by atoms with Gasteiger partial charge in [0.15, 0.2) is 0 Å². The fourth-order valence-electron chi connectivity index (χ4n) is 3.06. The monoisotopic (exact) mass is 256 g/mol. The molecule has 1 atom stereocenters. The third kappa shape index (κ3) is 2.38. The molecule has 1 unspecified atom stereocenters. The first-order valence-corrected chi connectivity index (χ1v) is 7.01. The third-order valence-electron chi connectivity index (χ3n) is 4.20. The Bertz CT molecular complexity index is 570. The van der Waals surface area contributed by atoms with E-state index in [2.05, 4.69) is 31.2 Å². The minimum absolute atomic E-state index is 0.318. The summed E-state index contributed by atoms with van der Waals surface area (Å²) >= 11 is 0. The highest BCUT2D eigenvalue weighted by atomic mass is 16.5. The van der Waals surface area contributed by atoms with Gasteiger partial charge >= 0.3 is 0 Å². The van der Waals surface area contributed by atoms with Gasteiger partial charge in [0.2, 0.25) is 0 Å². The van der Waals surface area contributed by atoms with Crippen LogP contribution in [-0.4, -0.2) is 18.3 Å². The Labute approximate surface area is 114 Å². The molecule has 0 bridgehead atoms. The molecule has 1 heterocycles. The van der Waals surface area contributed by atoms with Crippen molar-refractivity contribution in [3.63, 3.8) is 0 Å². The number of rotatable bonds is 2. The lowest BCUT2D eigenvalue weighted by Gasteiger charge is -2.28. The van der Waals surface area contributed by atoms with E-state index < -0.39 is 0 Å². The molecule has 1 aliphatic heterocycles. The average molecular weight is 256 g/mol. The molecule has 1 N–H and O–H groups in total. The topological polar surface area (TPSA) is 29.5 Å². The van der Waals surface area contributed by atoms with E-state index in [1.54, 1.807) is 0 Å². The van der Waals surface area contributed by atoms with Crippen molar-refractivity contribution in [2.24, 2.45) is 5.92 Å². The Balaban J connectivity index is 2.05. The van der Waals surface area contributed by atoms with Crippen molar-refractivity contribution in [1.82, 2.24) is 0 Å². The first-order valence-electron chi connectivity index (χ1n) is 7.01. The molecule has 2 aromatic rings. The number of aliphatic hydroxyl groups excluding tert-OH is 1. The van der Waals surface area contributed by atoms with Gasteiger partial charge in [0.25, 0.3) is 0 Å². The highest BCUT2D eigenvalue weighted by Gasteiger charge is 2.25. The Hall–Kier alpha value is -1.38. The molecule has 1 saturated heterocycles. The number of hydrogen-bond donors (Lipinski definition) is 1. The van der Waals surface area contributed by atoms with Gasteiger partial charge in [-0.3, -0.25) is 0 Å². The summed E-state index contributed by atoms with van der Waals surface area (Å²) in [7, 11) is 0. The lowest BCUT2D eigenvalue weighted by molar-refractivity contribution is 0.00751. The van der Waals surface area contributed by atoms with Gasteiger partial charge in [0.05, 0.1) is 6.10 Å². The zero-order chi connectivity index (χ0) is 13.2. The van der Waals surface area contributed by atoms with Crippen molar-refractivity contribution in [1.29, 1.82) is 0 Å². The quantitative estimate of drug-likeness (QED) is 0.889. The van der Waals surface area contributed by atoms with Gasteiger partial charge in [0.1, 0.15) is 0 Å². The highest BCUT2D eigenvalue weighted by molar-refractivity contribution is 5.87. The van der Waals surface area contributed by atoms with Crippen molar-refractivity contribution in [2.75, 3.05) is 13.2 Å². The Morgan fingerprint density at radius 3 is 2.63 bits per heavy atom. The minimum Gasteiger partial charge on any atom is -0.388 e. The third-order valence-corrected chi connectivity index (χ3v) is 4.20. The summed E-state index contributed by atoms with van der Waals surface area (Å²) in [4.78, 5) is 0. The smallest absolute Gasteiger partial charge is 0.0828 e. The number of aliphatic hydroxyl groups is 1. The minimum atomic E-state index is -0.380. The van der Waals surface area contributed by atoms with Gasteiger partial charge in [-0.25, -0.2) is 0 Å². The lowest BCUT2D eigenvalue weighted by atomic mass is 9.85. The standard InChI is InChI=1S/C17H20O2/c1-12-6-7-13-4-2-3-5-15(13)16(12)17(18)14-8-10-19-11-9-14/h2-7,14,17-18H,8-11H2,1H3. The van der Waals surface area contributed by atoms with Crippen LogP contribution in [-0.2, 0) is 4.74 Å². The number of benzene rings is 2. The van der Waals surface area contributed by atoms with Crippen LogP contribution in [0.25, 0.3) is 10.8 Å². The molecule has 100 valence electrons. The van der Waals surface area contributed by atoms with Crippen LogP contribution in [0.15, 0.2) is 36.4 Å². The highest BCUT2D eigenvalue weighted by Crippen LogP contribution is 2.35. The summed E-state index contributed by atoms with van der Waals surface area (Å²) in [5.74, 6) is 0.318. The van der Waals surface area contributed by atoms with Gasteiger partial charge in [-0.05, 0) is 47.6 Å². The Morgan fingerprint density at radius 1 is 1.11 bits per heavy atom. The zero-order valence-corrected chi connectivity index (χ0v) is 11.3. The first-order chi connectivity index (χ1) is 9.27. The molecule has 2 nitrogen and oxygen atoms in total. The summed E-state index contributed by atoms with van der Waals surface area (Å²) in [5.41, 5.74) is 2.28. The van der Waals surface area contributed by atoms with E-state index in [1.165, 1.54) is 16.3 Å². The van der Waals surface area contributed by atoms with Crippen LogP contribution in [0.3, 0.4) is 0 Å². The van der Waals surface area contributed by atoms with Crippen LogP contribution in [0, 0.1) is 12.8 Å². The predicted octanol–water partition coefficient (Wildman–Crippen LogP) is 3.61. The second-order valence-electron chi connectivity index (χ2n) is 5.41. The first kappa shape index (κ1) is 12.6. The van der Waals surface area contributed by atoms with E-state index in [1.807, 2.05) is 12.1 Å². The maximum absolute atomic E-state index is 10.8. The van der Waals surface area contributed by atoms with Crippen LogP contribution >= 0.6 is 0 Å². The molecule has 0 radical (unpaired) electrons. The number of aryl methyl sites for hydroxylation is 1. The summed E-state index contributed by atoms with van der Waals surface area (Å²) in [6, 6.07) is 12.5. The van der Waals surface area contributed by atoms with E-state index in [0.29, 0.717) is 5.92 Å². The maximum Gasteiger partial charge on any atom is 0.0828 e. The van der Waals surface area contributed by atoms with Crippen molar-refractivity contribution < 1.29 is 9.84 Å². The average Bonchev–Trinajstić information content (AvgIpc) is 2.47. The largest absolute Gasteiger partial charge is 0.388 e. The van der Waals surface area contributed by atoms with Gasteiger partial charge in [-0.15, -0.1) is 0 Å². The van der Waals surface area contributed by atoms with E-state index in [9.17, 15) is 5.11 Å². The molecule has 2 aromatic carbocycles. The molecule has 0 saturated carbocycles. The van der Waals surface area contributed by atoms with Gasteiger partial charge < -0.3 is 9.84 Å². The maximum atomic E-state index is 10.8. The molecule has 19 heavy (non-hydrogen) atoms. The van der Waals surface area contributed by atoms with Crippen molar-refractivity contribution >= 4 is 10.8 Å². The summed E-state index contributed by atoms with van der Waals surface area (Å²) in [5, 5.41) is 13.2. The molecular weight excluding hydrogens is 236 g/mol. The van der Waals surface area contributed by atoms with Crippen molar-refractivity contribution in [3.8, 4) is 0 Å². The van der Waals surface area contributed by atoms with Crippen molar-refractivity contribution in [3.05, 3.63) is 47.5 Å². The molecule has 1 fully saturated rings. The molecule has 3 rings (SSSR count). The number of hydrogen-bond acceptors (Lipinski definition) is 2. The van der Waals surface area contributed by atoms with E-state index >= 15 is 0 Å². The number of ether oxygens (including phenoxy) is 1. The van der Waals surface area contributed by atoms with Gasteiger partial charge in [-0.1, -0.05) is 36.4 Å². The summed E-state index contributed by atoms with van der Waals surface area (Å²) in [6.45, 7) is 3.63. The Kier molecular flexibility index (Phi) is 3.54. The van der Waals surface area contributed by atoms with E-state index in [-0.39, 0.29) is 6.10 Å². The van der Waals surface area contributed by atoms with Crippen LogP contribution in [0.5, 0.6) is 0 Å². The normalized spacial score (nSPS) is 18.6. The van der Waals surface area contributed by atoms with Crippen LogP contribution in [0.4, 0.5) is 0 Å². The van der Waals surface area contributed by atoms with E-state index in [0.717, 1.165) is 31.6 Å². The molecular formula is C17H20O2. The summed E-state index contributed by atoms with van der Waals surface area (Å²) in [6.07, 6.45) is 1.52. The molecule has 0 aliphatic carbocycles. The van der Waals surface area contributed by atoms with Crippen LogP contribution < -0.4 is 0 Å². The molecule has 1 aliphatic rings. The van der Waals surface area contributed by atoms with Gasteiger partial charge in [0, 0.05) is 13.2 Å². The SMILES string of the molecule is Cc1ccc2ccccc2c1C(O)C1CCOCC1. The fourth-order valence-corrected chi connectivity index (χ4v) is 3.06. The summed E-state index contributed by atoms with van der Waals surface area (Å²) < 4.78 is 5.39. The van der Waals surface area contributed by atoms with Crippen LogP contribution in [0.1, 0.15) is 30.1 Å². The molecule has 0 amide bonds. The predicted molar refractivity (Wildman–Crippen MR) is 77.2 cm³/mol. The lowest BCUT2D eigenvalue weighted by Crippen LogP contribution is -2.22. The second-order valence-corrected chi connectivity index (χ2v) is 5.41. The second kappa shape index (κ2) is 5.32. The Morgan fingerprint density at radius 2 is 1.84 bits per heavy atom. The molecule has 0 spiro atoms. The van der Waals surface area contributed by atoms with Gasteiger partial charge in [-0.2, -0.15) is 0 Å². The molecule has 2 heteroatoms. The van der Waals surface area contributed by atoms with Crippen molar-refractivity contribution in [2.45, 2.75) is 25.9 Å². The molecule has 0 aromatic heterocycles.